The average molecular weight is 439 g/mol. The topological polar surface area (TPSA) is 93.1 Å². The summed E-state index contributed by atoms with van der Waals surface area (Å²) in [5.74, 6) is -0.575. The van der Waals surface area contributed by atoms with Crippen LogP contribution in [0, 0.1) is 13.8 Å². The van der Waals surface area contributed by atoms with E-state index >= 15 is 0 Å². The third-order valence-electron chi connectivity index (χ3n) is 4.85. The molecular weight excluding hydrogens is 416 g/mol. The highest BCUT2D eigenvalue weighted by Crippen LogP contribution is 2.24. The molecule has 2 amide bonds. The Morgan fingerprint density at radius 2 is 1.71 bits per heavy atom. The number of anilines is 2. The van der Waals surface area contributed by atoms with Crippen LogP contribution in [0.15, 0.2) is 53.3 Å². The number of hydrogen-bond donors (Lipinski definition) is 2. The summed E-state index contributed by atoms with van der Waals surface area (Å²) in [6, 6.07) is 12.8. The summed E-state index contributed by atoms with van der Waals surface area (Å²) in [6.07, 6.45) is 0. The van der Waals surface area contributed by atoms with E-state index in [0.717, 1.165) is 15.8 Å². The summed E-state index contributed by atoms with van der Waals surface area (Å²) in [5, 5.41) is 10.5. The van der Waals surface area contributed by atoms with E-state index in [1.807, 2.05) is 26.0 Å². The van der Waals surface area contributed by atoms with E-state index in [-0.39, 0.29) is 5.91 Å². The van der Waals surface area contributed by atoms with Crippen LogP contribution in [0.3, 0.4) is 0 Å². The monoisotopic (exact) mass is 438 g/mol. The van der Waals surface area contributed by atoms with Crippen LogP contribution in [0.4, 0.5) is 11.4 Å². The van der Waals surface area contributed by atoms with Crippen molar-refractivity contribution in [3.8, 4) is 11.3 Å². The second-order valence-corrected chi connectivity index (χ2v) is 7.75. The molecule has 2 N–H and O–H groups in total. The second kappa shape index (κ2) is 9.14. The number of hydrogen-bond acceptors (Lipinski definition) is 4. The largest absolute Gasteiger partial charge is 0.326 e. The number of halogens is 1. The predicted molar refractivity (Wildman–Crippen MR) is 123 cm³/mol. The number of aryl methyl sites for hydroxylation is 2. The highest BCUT2D eigenvalue weighted by atomic mass is 35.5. The third kappa shape index (κ3) is 5.19. The molecule has 0 aliphatic rings. The maximum absolute atomic E-state index is 12.7. The first-order valence-electron chi connectivity index (χ1n) is 9.71. The molecule has 160 valence electrons. The molecule has 3 aromatic rings. The number of carbonyl (C=O) groups is 2. The first-order valence-corrected chi connectivity index (χ1v) is 10.1. The molecule has 0 fully saturated rings. The van der Waals surface area contributed by atoms with Crippen LogP contribution in [-0.4, -0.2) is 21.6 Å². The molecule has 1 heterocycles. The minimum absolute atomic E-state index is 0.181. The molecule has 0 saturated heterocycles. The molecule has 0 saturated carbocycles. The van der Waals surface area contributed by atoms with Crippen LogP contribution in [0.2, 0.25) is 5.02 Å². The molecular formula is C23H23ClN4O3. The van der Waals surface area contributed by atoms with E-state index in [0.29, 0.717) is 27.7 Å². The van der Waals surface area contributed by atoms with Gasteiger partial charge in [0, 0.05) is 35.0 Å². The number of nitrogens with zero attached hydrogens (tertiary/aromatic N) is 2. The minimum Gasteiger partial charge on any atom is -0.326 e. The molecule has 2 aromatic carbocycles. The van der Waals surface area contributed by atoms with Crippen molar-refractivity contribution in [1.82, 2.24) is 9.78 Å². The van der Waals surface area contributed by atoms with Crippen LogP contribution < -0.4 is 16.2 Å². The Hall–Kier alpha value is -3.45. The Labute approximate surface area is 185 Å². The number of amides is 2. The molecule has 0 radical (unpaired) electrons. The SMILES string of the molecule is CC(=O)Nc1cc(-c2ccc(=O)n([C@@H](C)C(=O)Nc3ccc(C)c(Cl)c3)n2)ccc1C. The number of rotatable bonds is 5. The van der Waals surface area contributed by atoms with Gasteiger partial charge in [0.1, 0.15) is 6.04 Å². The molecule has 0 aliphatic carbocycles. The van der Waals surface area contributed by atoms with Crippen molar-refractivity contribution >= 4 is 34.8 Å². The van der Waals surface area contributed by atoms with Crippen molar-refractivity contribution in [3.63, 3.8) is 0 Å². The fourth-order valence-electron chi connectivity index (χ4n) is 2.99. The summed E-state index contributed by atoms with van der Waals surface area (Å²) in [7, 11) is 0. The Morgan fingerprint density at radius 3 is 2.39 bits per heavy atom. The van der Waals surface area contributed by atoms with Gasteiger partial charge >= 0.3 is 0 Å². The molecule has 1 aromatic heterocycles. The van der Waals surface area contributed by atoms with Crippen molar-refractivity contribution in [2.24, 2.45) is 0 Å². The smallest absolute Gasteiger partial charge is 0.267 e. The summed E-state index contributed by atoms with van der Waals surface area (Å²) >= 11 is 6.12. The molecule has 0 spiro atoms. The van der Waals surface area contributed by atoms with Crippen LogP contribution in [-0.2, 0) is 9.59 Å². The highest BCUT2D eigenvalue weighted by Gasteiger charge is 2.19. The van der Waals surface area contributed by atoms with Crippen molar-refractivity contribution in [2.75, 3.05) is 10.6 Å². The van der Waals surface area contributed by atoms with E-state index in [4.69, 9.17) is 11.6 Å². The van der Waals surface area contributed by atoms with Gasteiger partial charge in [0.2, 0.25) is 11.8 Å². The van der Waals surface area contributed by atoms with Crippen LogP contribution >= 0.6 is 11.6 Å². The molecule has 0 aliphatic heterocycles. The third-order valence-corrected chi connectivity index (χ3v) is 5.26. The molecule has 3 rings (SSSR count). The summed E-state index contributed by atoms with van der Waals surface area (Å²) in [6.45, 7) is 6.79. The summed E-state index contributed by atoms with van der Waals surface area (Å²) in [5.41, 5.74) is 3.81. The molecule has 8 heteroatoms. The van der Waals surface area contributed by atoms with Gasteiger partial charge < -0.3 is 10.6 Å². The second-order valence-electron chi connectivity index (χ2n) is 7.34. The van der Waals surface area contributed by atoms with Gasteiger partial charge in [-0.15, -0.1) is 0 Å². The van der Waals surface area contributed by atoms with E-state index < -0.39 is 17.5 Å². The average Bonchev–Trinajstić information content (AvgIpc) is 2.72. The normalized spacial score (nSPS) is 11.6. The first kappa shape index (κ1) is 22.2. The number of carbonyl (C=O) groups excluding carboxylic acids is 2. The van der Waals surface area contributed by atoms with E-state index in [1.165, 1.54) is 13.0 Å². The van der Waals surface area contributed by atoms with Gasteiger partial charge in [0.15, 0.2) is 0 Å². The van der Waals surface area contributed by atoms with Gasteiger partial charge in [-0.2, -0.15) is 5.10 Å². The Bertz CT molecular complexity index is 1220. The van der Waals surface area contributed by atoms with Crippen LogP contribution in [0.5, 0.6) is 0 Å². The highest BCUT2D eigenvalue weighted by molar-refractivity contribution is 6.31. The zero-order valence-electron chi connectivity index (χ0n) is 17.7. The van der Waals surface area contributed by atoms with E-state index in [2.05, 4.69) is 15.7 Å². The van der Waals surface area contributed by atoms with Gasteiger partial charge in [-0.05, 0) is 56.2 Å². The maximum Gasteiger partial charge on any atom is 0.267 e. The fourth-order valence-corrected chi connectivity index (χ4v) is 3.17. The van der Waals surface area contributed by atoms with Gasteiger partial charge in [0.25, 0.3) is 5.56 Å². The van der Waals surface area contributed by atoms with E-state index in [1.54, 1.807) is 37.3 Å². The molecule has 7 nitrogen and oxygen atoms in total. The lowest BCUT2D eigenvalue weighted by molar-refractivity contribution is -0.119. The lowest BCUT2D eigenvalue weighted by Crippen LogP contribution is -2.33. The van der Waals surface area contributed by atoms with Crippen LogP contribution in [0.25, 0.3) is 11.3 Å². The summed E-state index contributed by atoms with van der Waals surface area (Å²) in [4.78, 5) is 36.6. The quantitative estimate of drug-likeness (QED) is 0.619. The Morgan fingerprint density at radius 1 is 1.00 bits per heavy atom. The van der Waals surface area contributed by atoms with Gasteiger partial charge in [-0.3, -0.25) is 14.4 Å². The van der Waals surface area contributed by atoms with Crippen molar-refractivity contribution in [3.05, 3.63) is 75.0 Å². The zero-order chi connectivity index (χ0) is 22.7. The van der Waals surface area contributed by atoms with E-state index in [9.17, 15) is 14.4 Å². The lowest BCUT2D eigenvalue weighted by Gasteiger charge is -2.16. The number of nitrogens with one attached hydrogen (secondary N) is 2. The minimum atomic E-state index is -0.854. The lowest BCUT2D eigenvalue weighted by atomic mass is 10.1. The molecule has 0 unspecified atom stereocenters. The standard InChI is InChI=1S/C23H23ClN4O3/c1-13-6-8-18(12-19(13)24)26-23(31)15(3)28-22(30)10-9-20(27-28)17-7-5-14(2)21(11-17)25-16(4)29/h5-12,15H,1-4H3,(H,25,29)(H,26,31)/t15-/m0/s1. The first-order chi connectivity index (χ1) is 14.7. The molecule has 1 atom stereocenters. The van der Waals surface area contributed by atoms with Gasteiger partial charge in [-0.1, -0.05) is 29.8 Å². The van der Waals surface area contributed by atoms with Crippen LogP contribution in [0.1, 0.15) is 31.0 Å². The fraction of sp³-hybridized carbons (Fsp3) is 0.217. The van der Waals surface area contributed by atoms with Crippen molar-refractivity contribution in [1.29, 1.82) is 0 Å². The van der Waals surface area contributed by atoms with Crippen molar-refractivity contribution < 1.29 is 9.59 Å². The molecule has 0 bridgehead atoms. The Balaban J connectivity index is 1.90. The zero-order valence-corrected chi connectivity index (χ0v) is 18.4. The maximum atomic E-state index is 12.7. The Kier molecular flexibility index (Phi) is 6.56. The summed E-state index contributed by atoms with van der Waals surface area (Å²) < 4.78 is 1.14. The molecule has 31 heavy (non-hydrogen) atoms. The van der Waals surface area contributed by atoms with Crippen molar-refractivity contribution in [2.45, 2.75) is 33.7 Å². The van der Waals surface area contributed by atoms with Gasteiger partial charge in [0.05, 0.1) is 5.69 Å². The van der Waals surface area contributed by atoms with Gasteiger partial charge in [-0.25, -0.2) is 4.68 Å². The predicted octanol–water partition coefficient (Wildman–Crippen LogP) is 4.34. The number of benzene rings is 2. The number of aromatic nitrogens is 2.